The number of hydrogen-bond donors (Lipinski definition) is 4. The van der Waals surface area contributed by atoms with Crippen molar-refractivity contribution in [3.63, 3.8) is 0 Å². The molecular formula is C19H15NO5S. The van der Waals surface area contributed by atoms with Crippen LogP contribution in [0, 0.1) is 0 Å². The number of aromatic nitrogens is 1. The standard InChI is InChI=1S/C19H15NO5S/c21-14(7-5-11-6-8-15(22)16(23)9-11)13-4-2-1-3-12(13)10-17-18(24)20-19(25)26-17/h1-9,22-24H,10H2,(H,20,25). The largest absolute Gasteiger partial charge is 0.504 e. The molecule has 0 unspecified atom stereocenters. The number of thiazole rings is 1. The molecule has 0 saturated heterocycles. The lowest BCUT2D eigenvalue weighted by molar-refractivity contribution is 0.104. The van der Waals surface area contributed by atoms with Crippen molar-refractivity contribution in [3.8, 4) is 17.4 Å². The molecule has 4 N–H and O–H groups in total. The zero-order valence-corrected chi connectivity index (χ0v) is 14.3. The molecule has 0 radical (unpaired) electrons. The molecule has 0 fully saturated rings. The molecule has 0 aliphatic carbocycles. The third-order valence-corrected chi connectivity index (χ3v) is 4.63. The van der Waals surface area contributed by atoms with Crippen molar-refractivity contribution in [3.05, 3.63) is 79.8 Å². The van der Waals surface area contributed by atoms with Gasteiger partial charge in [-0.2, -0.15) is 0 Å². The van der Waals surface area contributed by atoms with Crippen LogP contribution in [0.3, 0.4) is 0 Å². The molecule has 0 aliphatic rings. The van der Waals surface area contributed by atoms with Crippen LogP contribution in [0.1, 0.15) is 26.4 Å². The van der Waals surface area contributed by atoms with E-state index in [1.807, 2.05) is 0 Å². The van der Waals surface area contributed by atoms with E-state index in [2.05, 4.69) is 4.98 Å². The molecule has 6 nitrogen and oxygen atoms in total. The van der Waals surface area contributed by atoms with Gasteiger partial charge < -0.3 is 15.3 Å². The number of allylic oxidation sites excluding steroid dienone is 1. The lowest BCUT2D eigenvalue weighted by Crippen LogP contribution is -2.01. The molecule has 2 aromatic carbocycles. The minimum atomic E-state index is -0.353. The highest BCUT2D eigenvalue weighted by molar-refractivity contribution is 7.09. The number of carbonyl (C=O) groups excluding carboxylic acids is 1. The molecule has 7 heteroatoms. The highest BCUT2D eigenvalue weighted by Crippen LogP contribution is 2.26. The van der Waals surface area contributed by atoms with Crippen LogP contribution in [-0.4, -0.2) is 26.1 Å². The molecule has 1 heterocycles. The van der Waals surface area contributed by atoms with Gasteiger partial charge >= 0.3 is 4.87 Å². The molecule has 0 bridgehead atoms. The van der Waals surface area contributed by atoms with Gasteiger partial charge in [0.05, 0.1) is 4.88 Å². The van der Waals surface area contributed by atoms with E-state index in [1.54, 1.807) is 30.3 Å². The number of benzene rings is 2. The van der Waals surface area contributed by atoms with Crippen molar-refractivity contribution in [1.29, 1.82) is 0 Å². The van der Waals surface area contributed by atoms with Crippen LogP contribution in [-0.2, 0) is 6.42 Å². The molecule has 0 aliphatic heterocycles. The topological polar surface area (TPSA) is 111 Å². The first-order valence-electron chi connectivity index (χ1n) is 7.67. The number of nitrogens with one attached hydrogen (secondary N) is 1. The normalized spacial score (nSPS) is 11.1. The van der Waals surface area contributed by atoms with E-state index in [0.29, 0.717) is 21.6 Å². The molecule has 0 atom stereocenters. The Morgan fingerprint density at radius 2 is 1.85 bits per heavy atom. The van der Waals surface area contributed by atoms with Crippen LogP contribution in [0.4, 0.5) is 0 Å². The summed E-state index contributed by atoms with van der Waals surface area (Å²) in [5, 5.41) is 28.5. The van der Waals surface area contributed by atoms with Crippen molar-refractivity contribution < 1.29 is 20.1 Å². The number of ketones is 1. The monoisotopic (exact) mass is 369 g/mol. The number of phenolic OH excluding ortho intramolecular Hbond substituents is 2. The van der Waals surface area contributed by atoms with E-state index >= 15 is 0 Å². The Labute approximate surface area is 152 Å². The van der Waals surface area contributed by atoms with Crippen molar-refractivity contribution in [2.75, 3.05) is 0 Å². The van der Waals surface area contributed by atoms with Gasteiger partial charge in [-0.3, -0.25) is 14.6 Å². The van der Waals surface area contributed by atoms with Crippen LogP contribution < -0.4 is 4.87 Å². The minimum absolute atomic E-state index is 0.183. The summed E-state index contributed by atoms with van der Waals surface area (Å²) in [6, 6.07) is 11.2. The number of phenols is 2. The van der Waals surface area contributed by atoms with Gasteiger partial charge in [0.25, 0.3) is 0 Å². The summed E-state index contributed by atoms with van der Waals surface area (Å²) in [5.74, 6) is -0.935. The van der Waals surface area contributed by atoms with Crippen molar-refractivity contribution >= 4 is 23.2 Å². The van der Waals surface area contributed by atoms with Crippen molar-refractivity contribution in [1.82, 2.24) is 4.98 Å². The first-order valence-corrected chi connectivity index (χ1v) is 8.49. The maximum absolute atomic E-state index is 12.5. The van der Waals surface area contributed by atoms with Gasteiger partial charge in [0, 0.05) is 12.0 Å². The fraction of sp³-hybridized carbons (Fsp3) is 0.0526. The number of hydrogen-bond acceptors (Lipinski definition) is 6. The van der Waals surface area contributed by atoms with Gasteiger partial charge in [-0.15, -0.1) is 0 Å². The van der Waals surface area contributed by atoms with Crippen LogP contribution in [0.15, 0.2) is 53.3 Å². The maximum atomic E-state index is 12.5. The minimum Gasteiger partial charge on any atom is -0.504 e. The second-order valence-electron chi connectivity index (χ2n) is 5.57. The molecule has 1 aromatic heterocycles. The van der Waals surface area contributed by atoms with E-state index in [1.165, 1.54) is 24.3 Å². The molecule has 132 valence electrons. The smallest absolute Gasteiger partial charge is 0.307 e. The van der Waals surface area contributed by atoms with E-state index in [4.69, 9.17) is 0 Å². The number of rotatable bonds is 5. The third kappa shape index (κ3) is 3.84. The lowest BCUT2D eigenvalue weighted by Gasteiger charge is -2.06. The van der Waals surface area contributed by atoms with Gasteiger partial charge in [0.2, 0.25) is 5.88 Å². The van der Waals surface area contributed by atoms with E-state index in [0.717, 1.165) is 11.3 Å². The van der Waals surface area contributed by atoms with Crippen LogP contribution in [0.25, 0.3) is 6.08 Å². The molecular weight excluding hydrogens is 354 g/mol. The van der Waals surface area contributed by atoms with Gasteiger partial charge in [-0.25, -0.2) is 0 Å². The van der Waals surface area contributed by atoms with E-state index < -0.39 is 0 Å². The fourth-order valence-corrected chi connectivity index (χ4v) is 3.21. The Hall–Kier alpha value is -3.32. The second-order valence-corrected chi connectivity index (χ2v) is 6.63. The average Bonchev–Trinajstić information content (AvgIpc) is 2.93. The zero-order chi connectivity index (χ0) is 18.7. The van der Waals surface area contributed by atoms with E-state index in [9.17, 15) is 24.9 Å². The van der Waals surface area contributed by atoms with Gasteiger partial charge in [0.1, 0.15) is 0 Å². The first-order chi connectivity index (χ1) is 12.4. The molecule has 26 heavy (non-hydrogen) atoms. The first kappa shape index (κ1) is 17.5. The zero-order valence-electron chi connectivity index (χ0n) is 13.5. The van der Waals surface area contributed by atoms with Crippen LogP contribution in [0.5, 0.6) is 17.4 Å². The van der Waals surface area contributed by atoms with Crippen LogP contribution >= 0.6 is 11.3 Å². The predicted molar refractivity (Wildman–Crippen MR) is 99.0 cm³/mol. The number of aromatic hydroxyl groups is 3. The summed E-state index contributed by atoms with van der Waals surface area (Å²) in [5.41, 5.74) is 1.70. The quantitative estimate of drug-likeness (QED) is 0.314. The second kappa shape index (κ2) is 7.28. The summed E-state index contributed by atoms with van der Waals surface area (Å²) in [6.45, 7) is 0. The molecule has 3 rings (SSSR count). The Balaban J connectivity index is 1.85. The Morgan fingerprint density at radius 3 is 2.54 bits per heavy atom. The summed E-state index contributed by atoms with van der Waals surface area (Å²) in [6.07, 6.45) is 3.15. The molecule has 0 spiro atoms. The molecule has 3 aromatic rings. The Morgan fingerprint density at radius 1 is 1.08 bits per heavy atom. The highest BCUT2D eigenvalue weighted by atomic mass is 32.1. The Kier molecular flexibility index (Phi) is 4.90. The van der Waals surface area contributed by atoms with E-state index in [-0.39, 0.29) is 34.5 Å². The van der Waals surface area contributed by atoms with Crippen LogP contribution in [0.2, 0.25) is 0 Å². The highest BCUT2D eigenvalue weighted by Gasteiger charge is 2.13. The van der Waals surface area contributed by atoms with Crippen molar-refractivity contribution in [2.24, 2.45) is 0 Å². The van der Waals surface area contributed by atoms with Crippen molar-refractivity contribution in [2.45, 2.75) is 6.42 Å². The Bertz CT molecular complexity index is 1050. The maximum Gasteiger partial charge on any atom is 0.307 e. The van der Waals surface area contributed by atoms with Gasteiger partial charge in [0.15, 0.2) is 17.3 Å². The number of carbonyl (C=O) groups is 1. The fourth-order valence-electron chi connectivity index (χ4n) is 2.47. The molecule has 0 saturated carbocycles. The third-order valence-electron chi connectivity index (χ3n) is 3.76. The van der Waals surface area contributed by atoms with Gasteiger partial charge in [-0.05, 0) is 29.3 Å². The SMILES string of the molecule is O=C(C=Cc1ccc(O)c(O)c1)c1ccccc1Cc1sc(=O)[nH]c1O. The summed E-state index contributed by atoms with van der Waals surface area (Å²) in [4.78, 5) is 26.3. The summed E-state index contributed by atoms with van der Waals surface area (Å²) < 4.78 is 0. The average molecular weight is 369 g/mol. The summed E-state index contributed by atoms with van der Waals surface area (Å²) in [7, 11) is 0. The number of H-pyrrole nitrogens is 1. The lowest BCUT2D eigenvalue weighted by atomic mass is 9.99. The predicted octanol–water partition coefficient (Wildman–Crippen LogP) is 3.04. The van der Waals surface area contributed by atoms with Gasteiger partial charge in [-0.1, -0.05) is 47.7 Å². The summed E-state index contributed by atoms with van der Waals surface area (Å²) >= 11 is 0.901. The molecule has 0 amide bonds. The number of aromatic amines is 1.